The van der Waals surface area contributed by atoms with Crippen LogP contribution in [0.5, 0.6) is 0 Å². The lowest BCUT2D eigenvalue weighted by Crippen LogP contribution is -2.29. The third kappa shape index (κ3) is 4.69. The number of pyridine rings is 1. The molecule has 2 fully saturated rings. The van der Waals surface area contributed by atoms with Crippen molar-refractivity contribution in [2.45, 2.75) is 38.5 Å². The Bertz CT molecular complexity index is 2230. The molecule has 226 valence electrons. The topological polar surface area (TPSA) is 19.4 Å². The first-order valence-electron chi connectivity index (χ1n) is 17.2. The number of benzene rings is 6. The number of piperidine rings is 2. The van der Waals surface area contributed by atoms with Gasteiger partial charge in [-0.05, 0) is 124 Å². The lowest BCUT2D eigenvalue weighted by Gasteiger charge is -2.30. The quantitative estimate of drug-likeness (QED) is 0.188. The second-order valence-electron chi connectivity index (χ2n) is 13.2. The molecule has 6 aromatic carbocycles. The van der Waals surface area contributed by atoms with Crippen molar-refractivity contribution in [3.05, 3.63) is 115 Å². The van der Waals surface area contributed by atoms with Crippen molar-refractivity contribution < 1.29 is 0 Å². The van der Waals surface area contributed by atoms with Crippen molar-refractivity contribution in [3.63, 3.8) is 0 Å². The molecule has 3 heteroatoms. The first-order chi connectivity index (χ1) is 22.8. The molecule has 0 atom stereocenters. The van der Waals surface area contributed by atoms with E-state index < -0.39 is 0 Å². The summed E-state index contributed by atoms with van der Waals surface area (Å²) < 4.78 is 0. The Labute approximate surface area is 271 Å². The summed E-state index contributed by atoms with van der Waals surface area (Å²) in [6.45, 7) is 4.50. The SMILES string of the molecule is c1ccc2cc(-c3c4cc(N5CCCCC5)ccc4c(-c4nccc5ccccc45)c4cc(N5CCCCC5)ccc34)ccc2c1. The highest BCUT2D eigenvalue weighted by Gasteiger charge is 2.22. The maximum atomic E-state index is 5.15. The summed E-state index contributed by atoms with van der Waals surface area (Å²) in [5, 5.41) is 10.1. The van der Waals surface area contributed by atoms with Crippen LogP contribution in [0.3, 0.4) is 0 Å². The summed E-state index contributed by atoms with van der Waals surface area (Å²) in [5.41, 5.74) is 7.56. The highest BCUT2D eigenvalue weighted by Crippen LogP contribution is 2.47. The molecule has 7 aromatic rings. The normalized spacial score (nSPS) is 15.7. The fourth-order valence-electron chi connectivity index (χ4n) is 8.13. The molecule has 0 spiro atoms. The largest absolute Gasteiger partial charge is 0.372 e. The molecule has 0 radical (unpaired) electrons. The van der Waals surface area contributed by atoms with Crippen LogP contribution < -0.4 is 9.80 Å². The van der Waals surface area contributed by atoms with E-state index in [-0.39, 0.29) is 0 Å². The molecule has 9 rings (SSSR count). The zero-order valence-corrected chi connectivity index (χ0v) is 26.4. The van der Waals surface area contributed by atoms with Crippen LogP contribution in [0, 0.1) is 0 Å². The van der Waals surface area contributed by atoms with Gasteiger partial charge in [0.25, 0.3) is 0 Å². The Morgan fingerprint density at radius 1 is 0.413 bits per heavy atom. The molecule has 3 nitrogen and oxygen atoms in total. The van der Waals surface area contributed by atoms with Gasteiger partial charge >= 0.3 is 0 Å². The minimum absolute atomic E-state index is 1.07. The number of fused-ring (bicyclic) bond motifs is 4. The Morgan fingerprint density at radius 2 is 1.00 bits per heavy atom. The van der Waals surface area contributed by atoms with Crippen molar-refractivity contribution in [1.29, 1.82) is 0 Å². The lowest BCUT2D eigenvalue weighted by molar-refractivity contribution is 0.578. The van der Waals surface area contributed by atoms with E-state index in [1.807, 2.05) is 6.20 Å². The fraction of sp³-hybridized carbons (Fsp3) is 0.233. The van der Waals surface area contributed by atoms with Crippen molar-refractivity contribution >= 4 is 54.5 Å². The maximum Gasteiger partial charge on any atom is 0.0792 e. The average molecular weight is 598 g/mol. The van der Waals surface area contributed by atoms with Crippen LogP contribution in [0.4, 0.5) is 11.4 Å². The first kappa shape index (κ1) is 27.4. The van der Waals surface area contributed by atoms with E-state index in [0.29, 0.717) is 0 Å². The van der Waals surface area contributed by atoms with Crippen LogP contribution in [-0.2, 0) is 0 Å². The molecular formula is C43H39N3. The van der Waals surface area contributed by atoms with Crippen LogP contribution in [0.15, 0.2) is 115 Å². The van der Waals surface area contributed by atoms with Gasteiger partial charge in [-0.15, -0.1) is 0 Å². The highest BCUT2D eigenvalue weighted by molar-refractivity contribution is 6.24. The Balaban J connectivity index is 1.41. The van der Waals surface area contributed by atoms with E-state index in [1.165, 1.54) is 110 Å². The van der Waals surface area contributed by atoms with Crippen molar-refractivity contribution in [1.82, 2.24) is 4.98 Å². The molecule has 0 N–H and O–H groups in total. The molecule has 0 aliphatic carbocycles. The smallest absolute Gasteiger partial charge is 0.0792 e. The minimum atomic E-state index is 1.07. The predicted octanol–water partition coefficient (Wildman–Crippen LogP) is 11.0. The van der Waals surface area contributed by atoms with Gasteiger partial charge in [-0.25, -0.2) is 0 Å². The first-order valence-corrected chi connectivity index (χ1v) is 17.2. The van der Waals surface area contributed by atoms with E-state index in [1.54, 1.807) is 0 Å². The molecule has 0 saturated carbocycles. The maximum absolute atomic E-state index is 5.15. The summed E-state index contributed by atoms with van der Waals surface area (Å²) >= 11 is 0. The Hall–Kier alpha value is -4.89. The monoisotopic (exact) mass is 597 g/mol. The average Bonchev–Trinajstić information content (AvgIpc) is 3.14. The standard InChI is InChI=1S/C43H39N3/c1-7-23-45(24-8-1)34-18-20-38-39(28-34)41(33-16-15-30-11-3-4-13-32(30)27-33)37-19-17-35(46-25-9-2-10-26-46)29-40(37)42(38)43-36-14-6-5-12-31(36)21-22-44-43/h3-6,11-22,27-29H,1-2,7-10,23-26H2. The van der Waals surface area contributed by atoms with Gasteiger partial charge in [0.1, 0.15) is 0 Å². The van der Waals surface area contributed by atoms with E-state index in [9.17, 15) is 0 Å². The number of hydrogen-bond acceptors (Lipinski definition) is 3. The van der Waals surface area contributed by atoms with Gasteiger partial charge in [0.15, 0.2) is 0 Å². The molecule has 2 aliphatic heterocycles. The third-order valence-electron chi connectivity index (χ3n) is 10.5. The summed E-state index contributed by atoms with van der Waals surface area (Å²) in [5.74, 6) is 0. The Kier molecular flexibility index (Phi) is 6.84. The third-order valence-corrected chi connectivity index (χ3v) is 10.5. The van der Waals surface area contributed by atoms with Gasteiger partial charge in [-0.1, -0.05) is 72.8 Å². The van der Waals surface area contributed by atoms with Crippen LogP contribution in [0.2, 0.25) is 0 Å². The summed E-state index contributed by atoms with van der Waals surface area (Å²) in [4.78, 5) is 10.3. The van der Waals surface area contributed by atoms with E-state index in [4.69, 9.17) is 4.98 Å². The number of aromatic nitrogens is 1. The van der Waals surface area contributed by atoms with E-state index in [2.05, 4.69) is 119 Å². The molecule has 0 bridgehead atoms. The second kappa shape index (κ2) is 11.5. The molecule has 2 saturated heterocycles. The number of rotatable bonds is 4. The number of hydrogen-bond donors (Lipinski definition) is 0. The van der Waals surface area contributed by atoms with E-state index >= 15 is 0 Å². The molecule has 0 unspecified atom stereocenters. The number of anilines is 2. The fourth-order valence-corrected chi connectivity index (χ4v) is 8.13. The lowest BCUT2D eigenvalue weighted by atomic mass is 9.85. The van der Waals surface area contributed by atoms with Crippen molar-refractivity contribution in [2.24, 2.45) is 0 Å². The summed E-state index contributed by atoms with van der Waals surface area (Å²) in [6.07, 6.45) is 9.68. The van der Waals surface area contributed by atoms with Crippen LogP contribution >= 0.6 is 0 Å². The van der Waals surface area contributed by atoms with Gasteiger partial charge in [-0.2, -0.15) is 0 Å². The minimum Gasteiger partial charge on any atom is -0.372 e. The highest BCUT2D eigenvalue weighted by atomic mass is 15.1. The van der Waals surface area contributed by atoms with Gasteiger partial charge in [0, 0.05) is 54.7 Å². The molecule has 46 heavy (non-hydrogen) atoms. The van der Waals surface area contributed by atoms with Crippen molar-refractivity contribution in [2.75, 3.05) is 36.0 Å². The summed E-state index contributed by atoms with van der Waals surface area (Å²) in [6, 6.07) is 41.1. The van der Waals surface area contributed by atoms with E-state index in [0.717, 1.165) is 31.9 Å². The molecule has 0 amide bonds. The van der Waals surface area contributed by atoms with Crippen LogP contribution in [0.1, 0.15) is 38.5 Å². The predicted molar refractivity (Wildman–Crippen MR) is 197 cm³/mol. The summed E-state index contributed by atoms with van der Waals surface area (Å²) in [7, 11) is 0. The number of nitrogens with zero attached hydrogens (tertiary/aromatic N) is 3. The van der Waals surface area contributed by atoms with Crippen LogP contribution in [0.25, 0.3) is 65.5 Å². The molecule has 3 heterocycles. The zero-order valence-electron chi connectivity index (χ0n) is 26.4. The van der Waals surface area contributed by atoms with Gasteiger partial charge in [0.2, 0.25) is 0 Å². The zero-order chi connectivity index (χ0) is 30.5. The van der Waals surface area contributed by atoms with Crippen LogP contribution in [-0.4, -0.2) is 31.2 Å². The van der Waals surface area contributed by atoms with Gasteiger partial charge in [-0.3, -0.25) is 4.98 Å². The van der Waals surface area contributed by atoms with Gasteiger partial charge in [0.05, 0.1) is 5.69 Å². The molecular weight excluding hydrogens is 558 g/mol. The molecule has 2 aliphatic rings. The van der Waals surface area contributed by atoms with Crippen molar-refractivity contribution in [3.8, 4) is 22.4 Å². The Morgan fingerprint density at radius 3 is 1.70 bits per heavy atom. The van der Waals surface area contributed by atoms with Gasteiger partial charge < -0.3 is 9.80 Å². The second-order valence-corrected chi connectivity index (χ2v) is 13.2. The molecule has 1 aromatic heterocycles.